The molecule has 3 aromatic carbocycles. The number of aromatic nitrogens is 2. The van der Waals surface area contributed by atoms with E-state index in [-0.39, 0.29) is 5.28 Å². The number of nitrogens with one attached hydrogen (secondary N) is 1. The molecule has 1 N–H and O–H groups in total. The van der Waals surface area contributed by atoms with E-state index < -0.39 is 0 Å². The summed E-state index contributed by atoms with van der Waals surface area (Å²) in [6, 6.07) is 18.7. The van der Waals surface area contributed by atoms with Gasteiger partial charge in [-0.25, -0.2) is 4.98 Å². The minimum absolute atomic E-state index is 0.130. The SMILES string of the molecule is COc1cc2nc(Cl)nc(Nc3ccc(OCc4ccc(Cl)cc4)cc3)c2cc1OC. The molecular weight excluding hydrogens is 437 g/mol. The van der Waals surface area contributed by atoms with E-state index in [2.05, 4.69) is 15.3 Å². The minimum Gasteiger partial charge on any atom is -0.493 e. The van der Waals surface area contributed by atoms with Crippen LogP contribution in [0.15, 0.2) is 60.7 Å². The summed E-state index contributed by atoms with van der Waals surface area (Å²) in [5, 5.41) is 4.87. The molecular formula is C23H19Cl2N3O3. The third kappa shape index (κ3) is 4.93. The van der Waals surface area contributed by atoms with Gasteiger partial charge in [-0.3, -0.25) is 0 Å². The van der Waals surface area contributed by atoms with Crippen LogP contribution < -0.4 is 19.5 Å². The van der Waals surface area contributed by atoms with E-state index in [4.69, 9.17) is 37.4 Å². The van der Waals surface area contributed by atoms with Gasteiger partial charge in [0.1, 0.15) is 18.2 Å². The van der Waals surface area contributed by atoms with Gasteiger partial charge in [-0.2, -0.15) is 4.98 Å². The van der Waals surface area contributed by atoms with Crippen molar-refractivity contribution in [2.24, 2.45) is 0 Å². The molecule has 0 spiro atoms. The normalized spacial score (nSPS) is 10.7. The Balaban J connectivity index is 1.54. The molecule has 0 fully saturated rings. The second-order valence-electron chi connectivity index (χ2n) is 6.63. The largest absolute Gasteiger partial charge is 0.493 e. The van der Waals surface area contributed by atoms with Crippen LogP contribution in [-0.4, -0.2) is 24.2 Å². The van der Waals surface area contributed by atoms with Crippen molar-refractivity contribution >= 4 is 45.6 Å². The number of halogens is 2. The first-order valence-electron chi connectivity index (χ1n) is 9.39. The Hall–Kier alpha value is -3.22. The number of anilines is 2. The Morgan fingerprint density at radius 2 is 1.52 bits per heavy atom. The fourth-order valence-corrected chi connectivity index (χ4v) is 3.34. The molecule has 31 heavy (non-hydrogen) atoms. The zero-order chi connectivity index (χ0) is 21.8. The highest BCUT2D eigenvalue weighted by Gasteiger charge is 2.13. The molecule has 0 aliphatic heterocycles. The smallest absolute Gasteiger partial charge is 0.224 e. The van der Waals surface area contributed by atoms with E-state index in [0.717, 1.165) is 22.4 Å². The fourth-order valence-electron chi connectivity index (χ4n) is 3.04. The summed E-state index contributed by atoms with van der Waals surface area (Å²) in [7, 11) is 3.15. The van der Waals surface area contributed by atoms with Crippen molar-refractivity contribution in [3.8, 4) is 17.2 Å². The van der Waals surface area contributed by atoms with Crippen LogP contribution >= 0.6 is 23.2 Å². The van der Waals surface area contributed by atoms with Gasteiger partial charge >= 0.3 is 0 Å². The van der Waals surface area contributed by atoms with Crippen molar-refractivity contribution in [3.63, 3.8) is 0 Å². The van der Waals surface area contributed by atoms with E-state index in [1.165, 1.54) is 0 Å². The molecule has 4 rings (SSSR count). The third-order valence-electron chi connectivity index (χ3n) is 4.61. The van der Waals surface area contributed by atoms with Crippen LogP contribution in [-0.2, 0) is 6.61 Å². The minimum atomic E-state index is 0.130. The molecule has 0 bridgehead atoms. The standard InChI is InChI=1S/C23H19Cl2N3O3/c1-29-20-11-18-19(12-21(20)30-2)27-23(25)28-22(18)26-16-7-9-17(10-8-16)31-13-14-3-5-15(24)6-4-14/h3-12H,13H2,1-2H3,(H,26,27,28). The topological polar surface area (TPSA) is 65.5 Å². The van der Waals surface area contributed by atoms with E-state index in [1.54, 1.807) is 20.3 Å². The molecule has 0 radical (unpaired) electrons. The molecule has 4 aromatic rings. The monoisotopic (exact) mass is 455 g/mol. The van der Waals surface area contributed by atoms with Gasteiger partial charge in [-0.1, -0.05) is 23.7 Å². The quantitative estimate of drug-likeness (QED) is 0.331. The van der Waals surface area contributed by atoms with E-state index >= 15 is 0 Å². The predicted molar refractivity (Wildman–Crippen MR) is 123 cm³/mol. The Morgan fingerprint density at radius 3 is 2.19 bits per heavy atom. The first-order valence-corrected chi connectivity index (χ1v) is 10.1. The summed E-state index contributed by atoms with van der Waals surface area (Å²) >= 11 is 12.0. The summed E-state index contributed by atoms with van der Waals surface area (Å²) in [5.41, 5.74) is 2.51. The summed E-state index contributed by atoms with van der Waals surface area (Å²) in [5.74, 6) is 2.45. The number of benzene rings is 3. The molecule has 1 aromatic heterocycles. The second kappa shape index (κ2) is 9.29. The number of ether oxygens (including phenoxy) is 3. The molecule has 0 amide bonds. The number of hydrogen-bond acceptors (Lipinski definition) is 6. The summed E-state index contributed by atoms with van der Waals surface area (Å²) in [4.78, 5) is 8.62. The van der Waals surface area contributed by atoms with Gasteiger partial charge in [0.25, 0.3) is 0 Å². The van der Waals surface area contributed by atoms with Crippen LogP contribution in [0.25, 0.3) is 10.9 Å². The fraction of sp³-hybridized carbons (Fsp3) is 0.130. The maximum absolute atomic E-state index is 6.13. The van der Waals surface area contributed by atoms with Crippen molar-refractivity contribution < 1.29 is 14.2 Å². The van der Waals surface area contributed by atoms with Gasteiger partial charge in [-0.05, 0) is 59.6 Å². The van der Waals surface area contributed by atoms with Gasteiger partial charge in [0.2, 0.25) is 5.28 Å². The van der Waals surface area contributed by atoms with Crippen LogP contribution in [0.3, 0.4) is 0 Å². The highest BCUT2D eigenvalue weighted by Crippen LogP contribution is 2.35. The van der Waals surface area contributed by atoms with E-state index in [1.807, 2.05) is 54.6 Å². The summed E-state index contributed by atoms with van der Waals surface area (Å²) in [6.07, 6.45) is 0. The molecule has 0 atom stereocenters. The molecule has 1 heterocycles. The van der Waals surface area contributed by atoms with Gasteiger partial charge in [0, 0.05) is 22.2 Å². The van der Waals surface area contributed by atoms with Crippen LogP contribution in [0.5, 0.6) is 17.2 Å². The Labute approximate surface area is 189 Å². The van der Waals surface area contributed by atoms with Crippen LogP contribution in [0.2, 0.25) is 10.3 Å². The molecule has 6 nitrogen and oxygen atoms in total. The highest BCUT2D eigenvalue weighted by atomic mass is 35.5. The van der Waals surface area contributed by atoms with Crippen molar-refractivity contribution in [2.75, 3.05) is 19.5 Å². The van der Waals surface area contributed by atoms with Crippen LogP contribution in [0, 0.1) is 0 Å². The molecule has 158 valence electrons. The lowest BCUT2D eigenvalue weighted by Gasteiger charge is -2.13. The first kappa shape index (κ1) is 21.0. The molecule has 0 aliphatic carbocycles. The average molecular weight is 456 g/mol. The van der Waals surface area contributed by atoms with Gasteiger partial charge < -0.3 is 19.5 Å². The number of methoxy groups -OCH3 is 2. The van der Waals surface area contributed by atoms with E-state index in [0.29, 0.717) is 34.5 Å². The van der Waals surface area contributed by atoms with Gasteiger partial charge in [0.05, 0.1) is 19.7 Å². The first-order chi connectivity index (χ1) is 15.1. The van der Waals surface area contributed by atoms with Crippen LogP contribution in [0.1, 0.15) is 5.56 Å². The highest BCUT2D eigenvalue weighted by molar-refractivity contribution is 6.30. The summed E-state index contributed by atoms with van der Waals surface area (Å²) in [6.45, 7) is 0.456. The average Bonchev–Trinajstić information content (AvgIpc) is 2.78. The molecule has 0 aliphatic rings. The maximum atomic E-state index is 6.13. The third-order valence-corrected chi connectivity index (χ3v) is 5.03. The zero-order valence-corrected chi connectivity index (χ0v) is 18.4. The Bertz CT molecular complexity index is 1200. The number of nitrogens with zero attached hydrogens (tertiary/aromatic N) is 2. The van der Waals surface area contributed by atoms with Crippen molar-refractivity contribution in [3.05, 3.63) is 76.5 Å². The number of rotatable bonds is 7. The molecule has 0 unspecified atom stereocenters. The predicted octanol–water partition coefficient (Wildman–Crippen LogP) is 6.28. The lowest BCUT2D eigenvalue weighted by atomic mass is 10.2. The van der Waals surface area contributed by atoms with Crippen molar-refractivity contribution in [2.45, 2.75) is 6.61 Å². The lowest BCUT2D eigenvalue weighted by molar-refractivity contribution is 0.306. The van der Waals surface area contributed by atoms with Crippen molar-refractivity contribution in [1.29, 1.82) is 0 Å². The molecule has 8 heteroatoms. The molecule has 0 saturated carbocycles. The van der Waals surface area contributed by atoms with Gasteiger partial charge in [-0.15, -0.1) is 0 Å². The van der Waals surface area contributed by atoms with Crippen LogP contribution in [0.4, 0.5) is 11.5 Å². The Kier molecular flexibility index (Phi) is 6.30. The number of hydrogen-bond donors (Lipinski definition) is 1. The maximum Gasteiger partial charge on any atom is 0.224 e. The number of fused-ring (bicyclic) bond motifs is 1. The lowest BCUT2D eigenvalue weighted by Crippen LogP contribution is -1.99. The Morgan fingerprint density at radius 1 is 0.839 bits per heavy atom. The zero-order valence-electron chi connectivity index (χ0n) is 16.9. The van der Waals surface area contributed by atoms with Gasteiger partial charge in [0.15, 0.2) is 11.5 Å². The van der Waals surface area contributed by atoms with E-state index in [9.17, 15) is 0 Å². The van der Waals surface area contributed by atoms with Crippen molar-refractivity contribution in [1.82, 2.24) is 9.97 Å². The molecule has 0 saturated heterocycles. The second-order valence-corrected chi connectivity index (χ2v) is 7.40. The summed E-state index contributed by atoms with van der Waals surface area (Å²) < 4.78 is 16.6.